The molecule has 1 heterocycles. The van der Waals surface area contributed by atoms with E-state index in [0.29, 0.717) is 6.42 Å². The van der Waals surface area contributed by atoms with Crippen LogP contribution in [0.5, 0.6) is 5.75 Å². The quantitative estimate of drug-likeness (QED) is 0.883. The van der Waals surface area contributed by atoms with E-state index in [2.05, 4.69) is 22.7 Å². The van der Waals surface area contributed by atoms with Gasteiger partial charge >= 0.3 is 0 Å². The Morgan fingerprint density at radius 1 is 1.04 bits per heavy atom. The molecule has 2 aromatic rings. The minimum Gasteiger partial charge on any atom is -0.485 e. The first-order valence-corrected chi connectivity index (χ1v) is 7.98. The SMILES string of the molecule is O=C(N/N=C1\CC(c2ccccc2)Oc2ccccc21)C1CC1. The number of rotatable bonds is 3. The molecule has 1 fully saturated rings. The van der Waals surface area contributed by atoms with Gasteiger partial charge in [-0.3, -0.25) is 4.79 Å². The molecule has 0 saturated heterocycles. The number of carbonyl (C=O) groups excluding carboxylic acids is 1. The molecule has 0 radical (unpaired) electrons. The Hall–Kier alpha value is -2.62. The van der Waals surface area contributed by atoms with Crippen molar-refractivity contribution >= 4 is 11.6 Å². The summed E-state index contributed by atoms with van der Waals surface area (Å²) in [5.41, 5.74) is 5.66. The molecular formula is C19H18N2O2. The minimum atomic E-state index is -0.0809. The van der Waals surface area contributed by atoms with Crippen molar-refractivity contribution in [1.29, 1.82) is 0 Å². The molecule has 1 N–H and O–H groups in total. The van der Waals surface area contributed by atoms with Gasteiger partial charge in [0.1, 0.15) is 11.9 Å². The topological polar surface area (TPSA) is 50.7 Å². The Bertz CT molecular complexity index is 751. The molecule has 1 aliphatic carbocycles. The average Bonchev–Trinajstić information content (AvgIpc) is 3.45. The van der Waals surface area contributed by atoms with Crippen molar-refractivity contribution in [2.24, 2.45) is 11.0 Å². The fourth-order valence-corrected chi connectivity index (χ4v) is 2.81. The molecule has 116 valence electrons. The molecule has 1 atom stereocenters. The molecule has 1 saturated carbocycles. The van der Waals surface area contributed by atoms with Crippen LogP contribution in [-0.4, -0.2) is 11.6 Å². The van der Waals surface area contributed by atoms with Gasteiger partial charge in [0.25, 0.3) is 0 Å². The van der Waals surface area contributed by atoms with E-state index in [9.17, 15) is 4.79 Å². The molecule has 2 aliphatic rings. The molecule has 2 aromatic carbocycles. The number of nitrogens with one attached hydrogen (secondary N) is 1. The first kappa shape index (κ1) is 14.0. The van der Waals surface area contributed by atoms with Crippen LogP contribution in [0.25, 0.3) is 0 Å². The third-order valence-electron chi connectivity index (χ3n) is 4.27. The lowest BCUT2D eigenvalue weighted by Gasteiger charge is -2.27. The second-order valence-corrected chi connectivity index (χ2v) is 6.03. The third kappa shape index (κ3) is 2.97. The second kappa shape index (κ2) is 5.88. The highest BCUT2D eigenvalue weighted by molar-refractivity contribution is 6.04. The number of hydrogen-bond acceptors (Lipinski definition) is 3. The first-order chi connectivity index (χ1) is 11.3. The van der Waals surface area contributed by atoms with Gasteiger partial charge in [-0.25, -0.2) is 5.43 Å². The molecule has 4 rings (SSSR count). The van der Waals surface area contributed by atoms with Crippen molar-refractivity contribution in [3.63, 3.8) is 0 Å². The highest BCUT2D eigenvalue weighted by atomic mass is 16.5. The number of amides is 1. The maximum atomic E-state index is 11.9. The number of fused-ring (bicyclic) bond motifs is 1. The minimum absolute atomic E-state index is 0.0257. The van der Waals surface area contributed by atoms with E-state index in [0.717, 1.165) is 35.4 Å². The fourth-order valence-electron chi connectivity index (χ4n) is 2.81. The fraction of sp³-hybridized carbons (Fsp3) is 0.263. The van der Waals surface area contributed by atoms with Gasteiger partial charge in [0.05, 0.1) is 5.71 Å². The Kier molecular flexibility index (Phi) is 3.58. The Labute approximate surface area is 135 Å². The van der Waals surface area contributed by atoms with E-state index >= 15 is 0 Å². The molecule has 1 unspecified atom stereocenters. The van der Waals surface area contributed by atoms with E-state index in [1.165, 1.54) is 0 Å². The number of hydrazone groups is 1. The van der Waals surface area contributed by atoms with Crippen LogP contribution in [0.4, 0.5) is 0 Å². The maximum Gasteiger partial charge on any atom is 0.243 e. The van der Waals surface area contributed by atoms with Crippen LogP contribution in [-0.2, 0) is 4.79 Å². The van der Waals surface area contributed by atoms with Gasteiger partial charge in [-0.2, -0.15) is 5.10 Å². The summed E-state index contributed by atoms with van der Waals surface area (Å²) < 4.78 is 6.12. The van der Waals surface area contributed by atoms with Gasteiger partial charge in [0, 0.05) is 17.9 Å². The van der Waals surface area contributed by atoms with Gasteiger partial charge in [-0.05, 0) is 30.5 Å². The molecule has 4 nitrogen and oxygen atoms in total. The van der Waals surface area contributed by atoms with Crippen LogP contribution in [0.3, 0.4) is 0 Å². The van der Waals surface area contributed by atoms with Crippen molar-refractivity contribution in [2.75, 3.05) is 0 Å². The average molecular weight is 306 g/mol. The molecule has 4 heteroatoms. The largest absolute Gasteiger partial charge is 0.485 e. The van der Waals surface area contributed by atoms with Crippen molar-refractivity contribution in [3.05, 3.63) is 65.7 Å². The van der Waals surface area contributed by atoms with Crippen LogP contribution < -0.4 is 10.2 Å². The van der Waals surface area contributed by atoms with E-state index < -0.39 is 0 Å². The van der Waals surface area contributed by atoms with Crippen LogP contribution in [0.2, 0.25) is 0 Å². The molecule has 23 heavy (non-hydrogen) atoms. The van der Waals surface area contributed by atoms with Crippen molar-refractivity contribution in [1.82, 2.24) is 5.43 Å². The summed E-state index contributed by atoms with van der Waals surface area (Å²) in [6.45, 7) is 0. The number of para-hydroxylation sites is 1. The number of ether oxygens (including phenoxy) is 1. The number of hydrogen-bond donors (Lipinski definition) is 1. The van der Waals surface area contributed by atoms with Gasteiger partial charge in [-0.1, -0.05) is 42.5 Å². The smallest absolute Gasteiger partial charge is 0.243 e. The van der Waals surface area contributed by atoms with E-state index in [1.807, 2.05) is 42.5 Å². The van der Waals surface area contributed by atoms with Gasteiger partial charge in [0.2, 0.25) is 5.91 Å². The van der Waals surface area contributed by atoms with Crippen molar-refractivity contribution < 1.29 is 9.53 Å². The van der Waals surface area contributed by atoms with E-state index in [1.54, 1.807) is 0 Å². The standard InChI is InChI=1S/C19H18N2O2/c22-19(14-10-11-14)21-20-16-12-18(13-6-2-1-3-7-13)23-17-9-5-4-8-15(16)17/h1-9,14,18H,10-12H2,(H,21,22)/b20-16+. The van der Waals surface area contributed by atoms with Gasteiger partial charge in [-0.15, -0.1) is 0 Å². The number of nitrogens with zero attached hydrogens (tertiary/aromatic N) is 1. The van der Waals surface area contributed by atoms with Crippen LogP contribution in [0, 0.1) is 5.92 Å². The predicted molar refractivity (Wildman–Crippen MR) is 88.3 cm³/mol. The Balaban J connectivity index is 1.63. The van der Waals surface area contributed by atoms with Gasteiger partial charge in [0.15, 0.2) is 0 Å². The van der Waals surface area contributed by atoms with Crippen molar-refractivity contribution in [2.45, 2.75) is 25.4 Å². The van der Waals surface area contributed by atoms with E-state index in [-0.39, 0.29) is 17.9 Å². The lowest BCUT2D eigenvalue weighted by molar-refractivity contribution is -0.122. The molecule has 0 bridgehead atoms. The summed E-state index contributed by atoms with van der Waals surface area (Å²) in [6, 6.07) is 18.0. The zero-order valence-corrected chi connectivity index (χ0v) is 12.7. The number of carbonyl (C=O) groups is 1. The third-order valence-corrected chi connectivity index (χ3v) is 4.27. The zero-order chi connectivity index (χ0) is 15.6. The summed E-state index contributed by atoms with van der Waals surface area (Å²) in [5, 5.41) is 4.40. The Morgan fingerprint density at radius 3 is 2.57 bits per heavy atom. The highest BCUT2D eigenvalue weighted by Crippen LogP contribution is 2.35. The van der Waals surface area contributed by atoms with E-state index in [4.69, 9.17) is 4.74 Å². The monoisotopic (exact) mass is 306 g/mol. The summed E-state index contributed by atoms with van der Waals surface area (Å²) in [6.07, 6.45) is 2.51. The summed E-state index contributed by atoms with van der Waals surface area (Å²) >= 11 is 0. The first-order valence-electron chi connectivity index (χ1n) is 7.98. The maximum absolute atomic E-state index is 11.9. The summed E-state index contributed by atoms with van der Waals surface area (Å²) in [4.78, 5) is 11.9. The molecule has 0 spiro atoms. The lowest BCUT2D eigenvalue weighted by Crippen LogP contribution is -2.26. The second-order valence-electron chi connectivity index (χ2n) is 6.03. The van der Waals surface area contributed by atoms with Gasteiger partial charge < -0.3 is 4.74 Å². The van der Waals surface area contributed by atoms with Crippen molar-refractivity contribution in [3.8, 4) is 5.75 Å². The predicted octanol–water partition coefficient (Wildman–Crippen LogP) is 3.44. The summed E-state index contributed by atoms with van der Waals surface area (Å²) in [7, 11) is 0. The van der Waals surface area contributed by atoms with Crippen LogP contribution in [0.1, 0.15) is 36.5 Å². The highest BCUT2D eigenvalue weighted by Gasteiger charge is 2.30. The van der Waals surface area contributed by atoms with Crippen LogP contribution >= 0.6 is 0 Å². The molecular weight excluding hydrogens is 288 g/mol. The number of benzene rings is 2. The normalized spacial score (nSPS) is 21.4. The molecule has 1 amide bonds. The molecule has 0 aromatic heterocycles. The summed E-state index contributed by atoms with van der Waals surface area (Å²) in [5.74, 6) is 0.990. The molecule has 1 aliphatic heterocycles. The van der Waals surface area contributed by atoms with Crippen LogP contribution in [0.15, 0.2) is 59.7 Å². The lowest BCUT2D eigenvalue weighted by atomic mass is 9.96. The Morgan fingerprint density at radius 2 is 1.78 bits per heavy atom. The zero-order valence-electron chi connectivity index (χ0n) is 12.7.